The molecule has 4 aromatic rings. The quantitative estimate of drug-likeness (QED) is 0.231. The number of nitrogens with one attached hydrogen (secondary N) is 1. The van der Waals surface area contributed by atoms with Crippen LogP contribution >= 0.6 is 0 Å². The number of nitrogens with two attached hydrogens (primary N) is 1. The number of methoxy groups -OCH3 is 1. The smallest absolute Gasteiger partial charge is 0.341 e. The average molecular weight is 478 g/mol. The predicted octanol–water partition coefficient (Wildman–Crippen LogP) is 1.14. The molecule has 0 unspecified atom stereocenters. The number of hydrogen-bond acceptors (Lipinski definition) is 11. The minimum absolute atomic E-state index is 0.0418. The van der Waals surface area contributed by atoms with Crippen LogP contribution in [0.15, 0.2) is 58.3 Å². The fourth-order valence-electron chi connectivity index (χ4n) is 2.96. The Morgan fingerprint density at radius 1 is 1.20 bits per heavy atom. The number of hydrogen-bond donors (Lipinski definition) is 3. The lowest BCUT2D eigenvalue weighted by Crippen LogP contribution is -2.19. The number of ether oxygens (including phenoxy) is 2. The summed E-state index contributed by atoms with van der Waals surface area (Å²) in [6.07, 6.45) is 1.40. The molecule has 0 radical (unpaired) electrons. The maximum absolute atomic E-state index is 12.9. The molecule has 14 heteroatoms. The number of anilines is 1. The van der Waals surface area contributed by atoms with Crippen LogP contribution < -0.4 is 20.6 Å². The van der Waals surface area contributed by atoms with Gasteiger partial charge in [0.2, 0.25) is 11.6 Å². The van der Waals surface area contributed by atoms with Crippen molar-refractivity contribution in [2.24, 2.45) is 5.10 Å². The number of hydrazone groups is 1. The van der Waals surface area contributed by atoms with E-state index in [0.717, 1.165) is 0 Å². The van der Waals surface area contributed by atoms with E-state index >= 15 is 0 Å². The molecule has 4 N–H and O–H groups in total. The number of rotatable bonds is 9. The summed E-state index contributed by atoms with van der Waals surface area (Å²) >= 11 is 0. The van der Waals surface area contributed by atoms with Gasteiger partial charge in [-0.2, -0.15) is 9.78 Å². The van der Waals surface area contributed by atoms with Crippen molar-refractivity contribution in [3.8, 4) is 28.6 Å². The number of carbonyl (C=O) groups excluding carboxylic acids is 1. The number of aliphatic carboxylic acids is 1. The van der Waals surface area contributed by atoms with E-state index in [-0.39, 0.29) is 23.0 Å². The first-order valence-corrected chi connectivity index (χ1v) is 9.93. The Bertz CT molecular complexity index is 1380. The molecule has 0 aliphatic heterocycles. The van der Waals surface area contributed by atoms with Crippen molar-refractivity contribution in [1.29, 1.82) is 0 Å². The highest BCUT2D eigenvalue weighted by Crippen LogP contribution is 2.29. The van der Waals surface area contributed by atoms with Crippen LogP contribution in [-0.2, 0) is 4.79 Å². The van der Waals surface area contributed by atoms with Crippen molar-refractivity contribution < 1.29 is 28.8 Å². The molecule has 0 fully saturated rings. The van der Waals surface area contributed by atoms with Gasteiger partial charge in [0, 0.05) is 5.56 Å². The van der Waals surface area contributed by atoms with Gasteiger partial charge >= 0.3 is 5.97 Å². The highest BCUT2D eigenvalue weighted by Gasteiger charge is 2.25. The summed E-state index contributed by atoms with van der Waals surface area (Å²) in [5.41, 5.74) is 9.58. The lowest BCUT2D eigenvalue weighted by atomic mass is 10.1. The van der Waals surface area contributed by atoms with Gasteiger partial charge in [-0.25, -0.2) is 14.8 Å². The lowest BCUT2D eigenvalue weighted by Gasteiger charge is -2.07. The summed E-state index contributed by atoms with van der Waals surface area (Å²) in [6, 6.07) is 13.3. The van der Waals surface area contributed by atoms with Crippen LogP contribution in [0.2, 0.25) is 0 Å². The molecule has 2 aromatic carbocycles. The first-order valence-electron chi connectivity index (χ1n) is 9.93. The van der Waals surface area contributed by atoms with Crippen molar-refractivity contribution in [2.75, 3.05) is 19.5 Å². The Morgan fingerprint density at radius 3 is 2.69 bits per heavy atom. The molecule has 2 aromatic heterocycles. The number of amides is 1. The standard InChI is InChI=1S/C21H18N8O6/c1-33-15-4-2-3-13(9-15)18-17(24-28-29(18)20-19(22)26-35-27-20)21(32)25-23-10-12-5-7-14(8-6-12)34-11-16(30)31/h2-10H,11H2,1H3,(H2,22,26)(H,25,32)(H,30,31). The van der Waals surface area contributed by atoms with Crippen molar-refractivity contribution in [1.82, 2.24) is 30.7 Å². The minimum Gasteiger partial charge on any atom is -0.497 e. The normalized spacial score (nSPS) is 10.9. The molecule has 14 nitrogen and oxygen atoms in total. The monoisotopic (exact) mass is 478 g/mol. The largest absolute Gasteiger partial charge is 0.497 e. The molecule has 0 saturated heterocycles. The SMILES string of the molecule is COc1cccc(-c2c(C(=O)NN=Cc3ccc(OCC(=O)O)cc3)nnn2-c2nonc2N)c1. The lowest BCUT2D eigenvalue weighted by molar-refractivity contribution is -0.139. The van der Waals surface area contributed by atoms with Gasteiger partial charge in [0.1, 0.15) is 17.2 Å². The van der Waals surface area contributed by atoms with E-state index in [1.807, 2.05) is 0 Å². The number of carboxylic acid groups (broad SMARTS) is 1. The van der Waals surface area contributed by atoms with Crippen LogP contribution in [0.1, 0.15) is 16.1 Å². The van der Waals surface area contributed by atoms with Crippen LogP contribution in [0.5, 0.6) is 11.5 Å². The molecule has 35 heavy (non-hydrogen) atoms. The molecule has 0 spiro atoms. The van der Waals surface area contributed by atoms with E-state index in [9.17, 15) is 9.59 Å². The van der Waals surface area contributed by atoms with E-state index in [1.165, 1.54) is 18.0 Å². The van der Waals surface area contributed by atoms with Gasteiger partial charge in [-0.3, -0.25) is 4.79 Å². The zero-order chi connectivity index (χ0) is 24.8. The second-order valence-electron chi connectivity index (χ2n) is 6.85. The first-order chi connectivity index (χ1) is 17.0. The zero-order valence-corrected chi connectivity index (χ0v) is 18.2. The Morgan fingerprint density at radius 2 is 2.00 bits per heavy atom. The van der Waals surface area contributed by atoms with E-state index in [2.05, 4.69) is 35.8 Å². The van der Waals surface area contributed by atoms with Crippen molar-refractivity contribution >= 4 is 23.9 Å². The second kappa shape index (κ2) is 10.1. The van der Waals surface area contributed by atoms with Crippen molar-refractivity contribution in [2.45, 2.75) is 0 Å². The topological polar surface area (TPSA) is 193 Å². The molecule has 0 bridgehead atoms. The van der Waals surface area contributed by atoms with E-state index in [0.29, 0.717) is 22.6 Å². The molecule has 0 atom stereocenters. The van der Waals surface area contributed by atoms with E-state index in [1.54, 1.807) is 48.5 Å². The minimum atomic E-state index is -1.08. The fourth-order valence-corrected chi connectivity index (χ4v) is 2.96. The first kappa shape index (κ1) is 22.9. The van der Waals surface area contributed by atoms with Crippen LogP contribution in [0.25, 0.3) is 17.1 Å². The molecule has 178 valence electrons. The summed E-state index contributed by atoms with van der Waals surface area (Å²) in [4.78, 5) is 23.5. The zero-order valence-electron chi connectivity index (χ0n) is 18.2. The second-order valence-corrected chi connectivity index (χ2v) is 6.85. The van der Waals surface area contributed by atoms with Crippen LogP contribution in [0.3, 0.4) is 0 Å². The maximum Gasteiger partial charge on any atom is 0.341 e. The number of nitrogen functional groups attached to an aromatic ring is 1. The number of nitrogens with zero attached hydrogens (tertiary/aromatic N) is 6. The van der Waals surface area contributed by atoms with Gasteiger partial charge in [0.05, 0.1) is 13.3 Å². The van der Waals surface area contributed by atoms with E-state index < -0.39 is 18.5 Å². The highest BCUT2D eigenvalue weighted by atomic mass is 16.6. The number of benzene rings is 2. The maximum atomic E-state index is 12.9. The van der Waals surface area contributed by atoms with Gasteiger partial charge in [-0.05, 0) is 52.3 Å². The molecule has 0 aliphatic rings. The summed E-state index contributed by atoms with van der Waals surface area (Å²) in [5, 5.41) is 27.8. The Balaban J connectivity index is 1.57. The Kier molecular flexibility index (Phi) is 6.62. The van der Waals surface area contributed by atoms with Crippen molar-refractivity contribution in [3.63, 3.8) is 0 Å². The third-order valence-electron chi connectivity index (χ3n) is 4.55. The summed E-state index contributed by atoms with van der Waals surface area (Å²) < 4.78 is 16.2. The summed E-state index contributed by atoms with van der Waals surface area (Å²) in [6.45, 7) is -0.449. The molecule has 4 rings (SSSR count). The molecule has 0 saturated carbocycles. The third kappa shape index (κ3) is 5.22. The van der Waals surface area contributed by atoms with Gasteiger partial charge in [0.15, 0.2) is 12.3 Å². The highest BCUT2D eigenvalue weighted by molar-refractivity contribution is 5.99. The third-order valence-corrected chi connectivity index (χ3v) is 4.55. The van der Waals surface area contributed by atoms with Gasteiger partial charge in [-0.1, -0.05) is 17.3 Å². The van der Waals surface area contributed by atoms with Gasteiger partial charge in [0.25, 0.3) is 5.91 Å². The average Bonchev–Trinajstić information content (AvgIpc) is 3.49. The summed E-state index contributed by atoms with van der Waals surface area (Å²) in [5.74, 6) is -0.785. The Labute approximate surface area is 196 Å². The molecule has 1 amide bonds. The number of carbonyl (C=O) groups is 2. The molecular weight excluding hydrogens is 460 g/mol. The molecular formula is C21H18N8O6. The van der Waals surface area contributed by atoms with Gasteiger partial charge in [-0.15, -0.1) is 5.10 Å². The van der Waals surface area contributed by atoms with E-state index in [4.69, 9.17) is 20.3 Å². The fraction of sp³-hybridized carbons (Fsp3) is 0.0952. The van der Waals surface area contributed by atoms with Gasteiger partial charge < -0.3 is 20.3 Å². The van der Waals surface area contributed by atoms with Crippen LogP contribution in [0.4, 0.5) is 5.82 Å². The molecule has 2 heterocycles. The van der Waals surface area contributed by atoms with Crippen molar-refractivity contribution in [3.05, 3.63) is 59.8 Å². The summed E-state index contributed by atoms with van der Waals surface area (Å²) in [7, 11) is 1.52. The Hall–Kier alpha value is -5.27. The predicted molar refractivity (Wildman–Crippen MR) is 120 cm³/mol. The number of aromatic nitrogens is 5. The van der Waals surface area contributed by atoms with Crippen LogP contribution in [0, 0.1) is 0 Å². The number of carboxylic acids is 1. The molecule has 0 aliphatic carbocycles. The van der Waals surface area contributed by atoms with Crippen LogP contribution in [-0.4, -0.2) is 62.2 Å².